The molecular weight excluding hydrogens is 279 g/mol. The summed E-state index contributed by atoms with van der Waals surface area (Å²) >= 11 is 0. The second kappa shape index (κ2) is 8.32. The molecule has 1 fully saturated rings. The van der Waals surface area contributed by atoms with E-state index in [4.69, 9.17) is 15.3 Å². The Morgan fingerprint density at radius 2 is 1.95 bits per heavy atom. The van der Waals surface area contributed by atoms with E-state index in [-0.39, 0.29) is 18.0 Å². The summed E-state index contributed by atoms with van der Waals surface area (Å²) in [5.74, 6) is 0.237. The second-order valence-electron chi connectivity index (χ2n) is 5.65. The molecule has 0 spiro atoms. The Labute approximate surface area is 130 Å². The summed E-state index contributed by atoms with van der Waals surface area (Å²) in [6, 6.07) is 8.18. The van der Waals surface area contributed by atoms with Gasteiger partial charge in [0.2, 0.25) is 0 Å². The van der Waals surface area contributed by atoms with Crippen molar-refractivity contribution in [2.45, 2.75) is 38.7 Å². The first-order valence-corrected chi connectivity index (χ1v) is 7.61. The molecule has 0 radical (unpaired) electrons. The van der Waals surface area contributed by atoms with Crippen molar-refractivity contribution in [3.63, 3.8) is 0 Å². The molecule has 0 unspecified atom stereocenters. The van der Waals surface area contributed by atoms with E-state index in [0.717, 1.165) is 0 Å². The summed E-state index contributed by atoms with van der Waals surface area (Å²) in [4.78, 5) is 0. The minimum atomic E-state index is -0.368. The van der Waals surface area contributed by atoms with Crippen molar-refractivity contribution in [3.8, 4) is 12.1 Å². The molecule has 1 saturated carbocycles. The van der Waals surface area contributed by atoms with E-state index < -0.39 is 0 Å². The van der Waals surface area contributed by atoms with Gasteiger partial charge in [0.05, 0.1) is 6.61 Å². The number of ether oxygens (including phenoxy) is 1. The zero-order valence-corrected chi connectivity index (χ0v) is 12.5. The quantitative estimate of drug-likeness (QED) is 0.759. The van der Waals surface area contributed by atoms with Crippen molar-refractivity contribution in [3.05, 3.63) is 40.7 Å². The fourth-order valence-electron chi connectivity index (χ4n) is 2.72. The fraction of sp³-hybridized carbons (Fsp3) is 0.444. The van der Waals surface area contributed by atoms with Gasteiger partial charge in [-0.2, -0.15) is 10.5 Å². The van der Waals surface area contributed by atoms with E-state index in [9.17, 15) is 4.39 Å². The molecule has 0 heterocycles. The molecule has 0 aromatic heterocycles. The summed E-state index contributed by atoms with van der Waals surface area (Å²) in [6.45, 7) is 0.948. The highest BCUT2D eigenvalue weighted by Gasteiger charge is 2.13. The Balaban J connectivity index is 1.91. The number of nitrogens with zero attached hydrogens (tertiary/aromatic N) is 2. The van der Waals surface area contributed by atoms with Crippen LogP contribution in [-0.2, 0) is 11.3 Å². The maximum atomic E-state index is 14.0. The summed E-state index contributed by atoms with van der Waals surface area (Å²) in [5, 5.41) is 17.4. The summed E-state index contributed by atoms with van der Waals surface area (Å²) in [7, 11) is 0. The number of allylic oxidation sites excluding steroid dienone is 1. The monoisotopic (exact) mass is 298 g/mol. The minimum absolute atomic E-state index is 0.0410. The van der Waals surface area contributed by atoms with Crippen LogP contribution in [0.5, 0.6) is 0 Å². The maximum absolute atomic E-state index is 14.0. The molecule has 114 valence electrons. The van der Waals surface area contributed by atoms with E-state index in [1.54, 1.807) is 24.3 Å². The van der Waals surface area contributed by atoms with E-state index in [2.05, 4.69) is 0 Å². The van der Waals surface area contributed by atoms with Crippen LogP contribution in [0.3, 0.4) is 0 Å². The molecule has 1 aliphatic carbocycles. The molecule has 0 saturated heterocycles. The molecule has 3 nitrogen and oxygen atoms in total. The number of benzene rings is 1. The molecule has 0 atom stereocenters. The number of nitriles is 2. The van der Waals surface area contributed by atoms with Crippen LogP contribution < -0.4 is 0 Å². The fourth-order valence-corrected chi connectivity index (χ4v) is 2.72. The van der Waals surface area contributed by atoms with E-state index in [1.807, 2.05) is 0 Å². The predicted octanol–water partition coefficient (Wildman–Crippen LogP) is 4.35. The van der Waals surface area contributed by atoms with Gasteiger partial charge in [0.15, 0.2) is 0 Å². The van der Waals surface area contributed by atoms with Gasteiger partial charge in [-0.15, -0.1) is 0 Å². The molecule has 0 aliphatic heterocycles. The minimum Gasteiger partial charge on any atom is -0.376 e. The normalized spacial score (nSPS) is 14.9. The molecule has 0 bridgehead atoms. The number of halogens is 1. The predicted molar refractivity (Wildman–Crippen MR) is 81.8 cm³/mol. The van der Waals surface area contributed by atoms with E-state index in [1.165, 1.54) is 44.2 Å². The van der Waals surface area contributed by atoms with Gasteiger partial charge in [0.25, 0.3) is 0 Å². The van der Waals surface area contributed by atoms with Crippen molar-refractivity contribution in [2.24, 2.45) is 5.92 Å². The van der Waals surface area contributed by atoms with Crippen molar-refractivity contribution in [1.82, 2.24) is 0 Å². The Kier molecular flexibility index (Phi) is 6.13. The van der Waals surface area contributed by atoms with Gasteiger partial charge in [-0.25, -0.2) is 4.39 Å². The van der Waals surface area contributed by atoms with Gasteiger partial charge in [0, 0.05) is 12.2 Å². The Hall–Kier alpha value is -2.17. The smallest absolute Gasteiger partial charge is 0.130 e. The first kappa shape index (κ1) is 16.2. The van der Waals surface area contributed by atoms with Gasteiger partial charge in [-0.05, 0) is 36.5 Å². The third kappa shape index (κ3) is 4.69. The number of hydrogen-bond donors (Lipinski definition) is 0. The van der Waals surface area contributed by atoms with E-state index in [0.29, 0.717) is 23.7 Å². The first-order chi connectivity index (χ1) is 10.7. The summed E-state index contributed by atoms with van der Waals surface area (Å²) in [6.07, 6.45) is 7.63. The van der Waals surface area contributed by atoms with Crippen molar-refractivity contribution < 1.29 is 9.13 Å². The highest BCUT2D eigenvalue weighted by molar-refractivity contribution is 5.62. The van der Waals surface area contributed by atoms with Crippen LogP contribution in [0.15, 0.2) is 23.8 Å². The van der Waals surface area contributed by atoms with Gasteiger partial charge in [-0.1, -0.05) is 31.4 Å². The molecule has 0 amide bonds. The van der Waals surface area contributed by atoms with Crippen LogP contribution in [-0.4, -0.2) is 6.61 Å². The first-order valence-electron chi connectivity index (χ1n) is 7.61. The molecule has 1 aliphatic rings. The average molecular weight is 298 g/mol. The highest BCUT2D eigenvalue weighted by Crippen LogP contribution is 2.24. The van der Waals surface area contributed by atoms with E-state index >= 15 is 0 Å². The van der Waals surface area contributed by atoms with Gasteiger partial charge in [0.1, 0.15) is 23.5 Å². The Morgan fingerprint density at radius 3 is 2.59 bits per heavy atom. The molecule has 4 heteroatoms. The van der Waals surface area contributed by atoms with Crippen molar-refractivity contribution >= 4 is 6.08 Å². The van der Waals surface area contributed by atoms with Crippen molar-refractivity contribution in [1.29, 1.82) is 10.5 Å². The molecule has 2 rings (SSSR count). The van der Waals surface area contributed by atoms with Gasteiger partial charge < -0.3 is 4.74 Å². The molecule has 1 aromatic rings. The zero-order valence-electron chi connectivity index (χ0n) is 12.5. The van der Waals surface area contributed by atoms with Crippen molar-refractivity contribution in [2.75, 3.05) is 6.61 Å². The zero-order chi connectivity index (χ0) is 15.8. The summed E-state index contributed by atoms with van der Waals surface area (Å²) < 4.78 is 19.6. The van der Waals surface area contributed by atoms with Gasteiger partial charge in [-0.3, -0.25) is 0 Å². The molecule has 1 aromatic carbocycles. The second-order valence-corrected chi connectivity index (χ2v) is 5.65. The number of hydrogen-bond acceptors (Lipinski definition) is 3. The van der Waals surface area contributed by atoms with Gasteiger partial charge >= 0.3 is 0 Å². The largest absolute Gasteiger partial charge is 0.376 e. The standard InChI is InChI=1S/C18H19FN2O/c19-18-9-15(8-16(10-20)11-21)6-7-17(18)13-22-12-14-4-2-1-3-5-14/h6-9,14H,1-5,12-13H2. The Morgan fingerprint density at radius 1 is 1.23 bits per heavy atom. The van der Waals surface area contributed by atoms with Crippen LogP contribution in [0.1, 0.15) is 43.2 Å². The topological polar surface area (TPSA) is 56.8 Å². The van der Waals surface area contributed by atoms with Crippen LogP contribution in [0, 0.1) is 34.4 Å². The van der Waals surface area contributed by atoms with Crippen LogP contribution in [0.2, 0.25) is 0 Å². The lowest BCUT2D eigenvalue weighted by atomic mass is 9.90. The van der Waals surface area contributed by atoms with Crippen LogP contribution in [0.4, 0.5) is 4.39 Å². The SMILES string of the molecule is N#CC(C#N)=Cc1ccc(COCC2CCCCC2)c(F)c1. The van der Waals surface area contributed by atoms with Crippen LogP contribution >= 0.6 is 0 Å². The molecule has 22 heavy (non-hydrogen) atoms. The van der Waals surface area contributed by atoms with Crippen LogP contribution in [0.25, 0.3) is 6.08 Å². The molecule has 0 N–H and O–H groups in total. The lowest BCUT2D eigenvalue weighted by molar-refractivity contribution is 0.0723. The maximum Gasteiger partial charge on any atom is 0.130 e. The number of rotatable bonds is 5. The average Bonchev–Trinajstić information content (AvgIpc) is 2.55. The third-order valence-corrected chi connectivity index (χ3v) is 3.96. The lowest BCUT2D eigenvalue weighted by Crippen LogP contribution is -2.13. The highest BCUT2D eigenvalue weighted by atomic mass is 19.1. The third-order valence-electron chi connectivity index (χ3n) is 3.96. The lowest BCUT2D eigenvalue weighted by Gasteiger charge is -2.21. The molecular formula is C18H19FN2O. The summed E-state index contributed by atoms with van der Waals surface area (Å²) in [5.41, 5.74) is 0.968. The Bertz CT molecular complexity index is 603.